The molecule has 1 aliphatic rings. The highest BCUT2D eigenvalue weighted by atomic mass is 79.9. The van der Waals surface area contributed by atoms with E-state index in [1.54, 1.807) is 0 Å². The quantitative estimate of drug-likeness (QED) is 0.653. The summed E-state index contributed by atoms with van der Waals surface area (Å²) in [5.41, 5.74) is 4.32. The number of aryl methyl sites for hydroxylation is 2. The number of benzene rings is 1. The molecule has 0 heterocycles. The fourth-order valence-corrected chi connectivity index (χ4v) is 3.41. The maximum absolute atomic E-state index is 3.79. The molecule has 2 rings (SSSR count). The Hall–Kier alpha value is -0.300. The first-order valence-electron chi connectivity index (χ1n) is 5.39. The molecule has 14 heavy (non-hydrogen) atoms. The predicted molar refractivity (Wildman–Crippen MR) is 65.2 cm³/mol. The maximum atomic E-state index is 3.79. The average Bonchev–Trinajstić information content (AvgIpc) is 2.49. The zero-order valence-corrected chi connectivity index (χ0v) is 10.5. The topological polar surface area (TPSA) is 0 Å². The summed E-state index contributed by atoms with van der Waals surface area (Å²) in [7, 11) is 0. The third kappa shape index (κ3) is 2.03. The first-order chi connectivity index (χ1) is 6.66. The van der Waals surface area contributed by atoms with Crippen LogP contribution in [-0.4, -0.2) is 4.83 Å². The van der Waals surface area contributed by atoms with E-state index in [0.717, 1.165) is 5.92 Å². The van der Waals surface area contributed by atoms with E-state index in [1.807, 2.05) is 0 Å². The van der Waals surface area contributed by atoms with Gasteiger partial charge in [-0.3, -0.25) is 0 Å². The lowest BCUT2D eigenvalue weighted by Gasteiger charge is -2.15. The summed E-state index contributed by atoms with van der Waals surface area (Å²) in [6.45, 7) is 4.38. The van der Waals surface area contributed by atoms with Gasteiger partial charge in [-0.05, 0) is 38.2 Å². The van der Waals surface area contributed by atoms with E-state index in [9.17, 15) is 0 Å². The molecule has 0 spiro atoms. The smallest absolute Gasteiger partial charge is 0.0214 e. The fourth-order valence-electron chi connectivity index (χ4n) is 2.51. The lowest BCUT2D eigenvalue weighted by atomic mass is 9.94. The minimum absolute atomic E-state index is 0.698. The van der Waals surface area contributed by atoms with Crippen LogP contribution in [0.4, 0.5) is 0 Å². The zero-order chi connectivity index (χ0) is 10.1. The van der Waals surface area contributed by atoms with E-state index in [1.165, 1.54) is 36.0 Å². The Kier molecular flexibility index (Phi) is 2.96. The van der Waals surface area contributed by atoms with E-state index in [-0.39, 0.29) is 0 Å². The van der Waals surface area contributed by atoms with Crippen molar-refractivity contribution in [1.82, 2.24) is 0 Å². The molecular formula is C13H17Br. The Bertz CT molecular complexity index is 310. The van der Waals surface area contributed by atoms with Crippen molar-refractivity contribution in [2.75, 3.05) is 0 Å². The standard InChI is InChI=1S/C13H17Br/c1-9-6-10(2)8-11(7-9)12-4-3-5-13(12)14/h6-8,12-13H,3-5H2,1-2H3. The van der Waals surface area contributed by atoms with Crippen LogP contribution in [0.3, 0.4) is 0 Å². The molecule has 2 unspecified atom stereocenters. The van der Waals surface area contributed by atoms with Gasteiger partial charge in [-0.15, -0.1) is 0 Å². The second-order valence-corrected chi connectivity index (χ2v) is 5.65. The van der Waals surface area contributed by atoms with Gasteiger partial charge >= 0.3 is 0 Å². The number of hydrogen-bond donors (Lipinski definition) is 0. The van der Waals surface area contributed by atoms with Crippen molar-refractivity contribution in [1.29, 1.82) is 0 Å². The second kappa shape index (κ2) is 4.06. The summed E-state index contributed by atoms with van der Waals surface area (Å²) in [6.07, 6.45) is 4.05. The molecule has 1 saturated carbocycles. The summed E-state index contributed by atoms with van der Waals surface area (Å²) >= 11 is 3.79. The number of alkyl halides is 1. The maximum Gasteiger partial charge on any atom is 0.0214 e. The molecule has 0 amide bonds. The van der Waals surface area contributed by atoms with Crippen LogP contribution in [0, 0.1) is 13.8 Å². The van der Waals surface area contributed by atoms with Crippen LogP contribution in [0.1, 0.15) is 41.9 Å². The SMILES string of the molecule is Cc1cc(C)cc(C2CCCC2Br)c1. The molecule has 0 bridgehead atoms. The normalized spacial score (nSPS) is 26.8. The van der Waals surface area contributed by atoms with E-state index in [4.69, 9.17) is 0 Å². The molecule has 0 nitrogen and oxygen atoms in total. The molecule has 1 aliphatic carbocycles. The average molecular weight is 253 g/mol. The van der Waals surface area contributed by atoms with Gasteiger partial charge in [0.1, 0.15) is 0 Å². The highest BCUT2D eigenvalue weighted by Gasteiger charge is 2.26. The largest absolute Gasteiger partial charge is 0.0884 e. The Balaban J connectivity index is 2.31. The third-order valence-electron chi connectivity index (χ3n) is 3.10. The minimum Gasteiger partial charge on any atom is -0.0884 e. The third-order valence-corrected chi connectivity index (χ3v) is 4.20. The first-order valence-corrected chi connectivity index (χ1v) is 6.30. The molecule has 0 aromatic heterocycles. The molecule has 1 aromatic carbocycles. The molecule has 2 atom stereocenters. The molecular weight excluding hydrogens is 236 g/mol. The Morgan fingerprint density at radius 1 is 1.07 bits per heavy atom. The van der Waals surface area contributed by atoms with Gasteiger partial charge in [0.05, 0.1) is 0 Å². The molecule has 0 N–H and O–H groups in total. The van der Waals surface area contributed by atoms with E-state index in [2.05, 4.69) is 48.0 Å². The van der Waals surface area contributed by atoms with Crippen LogP contribution < -0.4 is 0 Å². The van der Waals surface area contributed by atoms with Gasteiger partial charge in [-0.1, -0.05) is 51.7 Å². The second-order valence-electron chi connectivity index (χ2n) is 4.47. The molecule has 1 heteroatoms. The number of halogens is 1. The lowest BCUT2D eigenvalue weighted by molar-refractivity contribution is 0.741. The van der Waals surface area contributed by atoms with Crippen molar-refractivity contribution in [2.45, 2.75) is 43.9 Å². The number of rotatable bonds is 1. The minimum atomic E-state index is 0.698. The summed E-state index contributed by atoms with van der Waals surface area (Å²) in [5, 5.41) is 0. The van der Waals surface area contributed by atoms with Gasteiger partial charge in [0.15, 0.2) is 0 Å². The fraction of sp³-hybridized carbons (Fsp3) is 0.538. The van der Waals surface area contributed by atoms with Crippen LogP contribution in [0.2, 0.25) is 0 Å². The van der Waals surface area contributed by atoms with Crippen LogP contribution in [0.15, 0.2) is 18.2 Å². The lowest BCUT2D eigenvalue weighted by Crippen LogP contribution is -2.04. The van der Waals surface area contributed by atoms with Gasteiger partial charge in [0.25, 0.3) is 0 Å². The Morgan fingerprint density at radius 3 is 2.21 bits per heavy atom. The Labute approximate surface area is 94.8 Å². The van der Waals surface area contributed by atoms with Crippen molar-refractivity contribution >= 4 is 15.9 Å². The van der Waals surface area contributed by atoms with Crippen molar-refractivity contribution in [3.05, 3.63) is 34.9 Å². The van der Waals surface area contributed by atoms with Crippen molar-refractivity contribution in [2.24, 2.45) is 0 Å². The van der Waals surface area contributed by atoms with E-state index < -0.39 is 0 Å². The van der Waals surface area contributed by atoms with Gasteiger partial charge < -0.3 is 0 Å². The summed E-state index contributed by atoms with van der Waals surface area (Å²) in [6, 6.07) is 6.94. The van der Waals surface area contributed by atoms with Gasteiger partial charge in [-0.25, -0.2) is 0 Å². The molecule has 1 fully saturated rings. The monoisotopic (exact) mass is 252 g/mol. The number of hydrogen-bond acceptors (Lipinski definition) is 0. The van der Waals surface area contributed by atoms with Crippen LogP contribution in [0.25, 0.3) is 0 Å². The Morgan fingerprint density at radius 2 is 1.71 bits per heavy atom. The predicted octanol–water partition coefficient (Wildman–Crippen LogP) is 4.33. The van der Waals surface area contributed by atoms with Crippen LogP contribution in [-0.2, 0) is 0 Å². The summed E-state index contributed by atoms with van der Waals surface area (Å²) < 4.78 is 0. The van der Waals surface area contributed by atoms with Crippen molar-refractivity contribution in [3.63, 3.8) is 0 Å². The highest BCUT2D eigenvalue weighted by molar-refractivity contribution is 9.09. The van der Waals surface area contributed by atoms with Gasteiger partial charge in [-0.2, -0.15) is 0 Å². The molecule has 0 aliphatic heterocycles. The molecule has 76 valence electrons. The van der Waals surface area contributed by atoms with Crippen molar-refractivity contribution < 1.29 is 0 Å². The first kappa shape index (κ1) is 10.2. The molecule has 0 saturated heterocycles. The zero-order valence-electron chi connectivity index (χ0n) is 8.89. The van der Waals surface area contributed by atoms with Gasteiger partial charge in [0.2, 0.25) is 0 Å². The van der Waals surface area contributed by atoms with Crippen LogP contribution >= 0.6 is 15.9 Å². The molecule has 1 aromatic rings. The van der Waals surface area contributed by atoms with E-state index in [0.29, 0.717) is 4.83 Å². The highest BCUT2D eigenvalue weighted by Crippen LogP contribution is 2.39. The molecule has 0 radical (unpaired) electrons. The summed E-state index contributed by atoms with van der Waals surface area (Å²) in [4.78, 5) is 0.698. The van der Waals surface area contributed by atoms with E-state index >= 15 is 0 Å². The summed E-state index contributed by atoms with van der Waals surface area (Å²) in [5.74, 6) is 0.744. The van der Waals surface area contributed by atoms with Crippen molar-refractivity contribution in [3.8, 4) is 0 Å². The van der Waals surface area contributed by atoms with Gasteiger partial charge in [0, 0.05) is 4.83 Å². The van der Waals surface area contributed by atoms with Crippen LogP contribution in [0.5, 0.6) is 0 Å².